The molecular formula is C15H26N2. The molecule has 0 saturated heterocycles. The zero-order valence-corrected chi connectivity index (χ0v) is 11.5. The molecule has 2 N–H and O–H groups in total. The average Bonchev–Trinajstić information content (AvgIpc) is 2.33. The van der Waals surface area contributed by atoms with E-state index in [1.807, 2.05) is 0 Å². The monoisotopic (exact) mass is 234 g/mol. The molecule has 0 aliphatic heterocycles. The van der Waals surface area contributed by atoms with Crippen LogP contribution < -0.4 is 10.6 Å². The zero-order chi connectivity index (χ0) is 12.7. The van der Waals surface area contributed by atoms with E-state index in [2.05, 4.69) is 43.9 Å². The molecule has 1 aromatic rings. The van der Waals surface area contributed by atoms with Crippen LogP contribution >= 0.6 is 0 Å². The number of unbranched alkanes of at least 4 members (excludes halogenated alkanes) is 2. The maximum absolute atomic E-state index is 5.99. The zero-order valence-electron chi connectivity index (χ0n) is 11.5. The first-order valence-electron chi connectivity index (χ1n) is 6.80. The van der Waals surface area contributed by atoms with Crippen molar-refractivity contribution in [1.29, 1.82) is 0 Å². The summed E-state index contributed by atoms with van der Waals surface area (Å²) < 4.78 is 0. The van der Waals surface area contributed by atoms with Crippen molar-refractivity contribution in [2.24, 2.45) is 0 Å². The summed E-state index contributed by atoms with van der Waals surface area (Å²) >= 11 is 0. The third kappa shape index (κ3) is 4.29. The van der Waals surface area contributed by atoms with Crippen molar-refractivity contribution in [2.75, 3.05) is 23.7 Å². The van der Waals surface area contributed by atoms with Crippen LogP contribution in [-0.4, -0.2) is 13.1 Å². The SMILES string of the molecule is CCCCN(CCCC)c1ccc(C)c(N)c1. The number of anilines is 2. The van der Waals surface area contributed by atoms with E-state index in [-0.39, 0.29) is 0 Å². The second-order valence-electron chi connectivity index (χ2n) is 4.74. The van der Waals surface area contributed by atoms with Gasteiger partial charge >= 0.3 is 0 Å². The predicted octanol–water partition coefficient (Wildman–Crippen LogP) is 3.98. The minimum atomic E-state index is 0.903. The fourth-order valence-corrected chi connectivity index (χ4v) is 1.89. The molecule has 0 atom stereocenters. The standard InChI is InChI=1S/C15H26N2/c1-4-6-10-17(11-7-5-2)14-9-8-13(3)15(16)12-14/h8-9,12H,4-7,10-11,16H2,1-3H3. The van der Waals surface area contributed by atoms with Crippen LogP contribution in [0, 0.1) is 6.92 Å². The fourth-order valence-electron chi connectivity index (χ4n) is 1.89. The third-order valence-electron chi connectivity index (χ3n) is 3.19. The van der Waals surface area contributed by atoms with Crippen LogP contribution in [0.5, 0.6) is 0 Å². The van der Waals surface area contributed by atoms with Crippen LogP contribution in [0.1, 0.15) is 45.1 Å². The smallest absolute Gasteiger partial charge is 0.0387 e. The van der Waals surface area contributed by atoms with Gasteiger partial charge in [-0.25, -0.2) is 0 Å². The molecule has 0 aliphatic carbocycles. The van der Waals surface area contributed by atoms with E-state index < -0.39 is 0 Å². The molecule has 0 unspecified atom stereocenters. The van der Waals surface area contributed by atoms with Gasteiger partial charge in [0.2, 0.25) is 0 Å². The summed E-state index contributed by atoms with van der Waals surface area (Å²) in [4.78, 5) is 2.46. The van der Waals surface area contributed by atoms with E-state index in [4.69, 9.17) is 5.73 Å². The predicted molar refractivity (Wildman–Crippen MR) is 77.6 cm³/mol. The highest BCUT2D eigenvalue weighted by atomic mass is 15.1. The number of benzene rings is 1. The highest BCUT2D eigenvalue weighted by Crippen LogP contribution is 2.21. The number of nitrogens with two attached hydrogens (primary N) is 1. The Labute approximate surface area is 106 Å². The van der Waals surface area contributed by atoms with Crippen LogP contribution in [0.3, 0.4) is 0 Å². The first-order chi connectivity index (χ1) is 8.19. The van der Waals surface area contributed by atoms with Crippen molar-refractivity contribution in [3.8, 4) is 0 Å². The Morgan fingerprint density at radius 3 is 2.12 bits per heavy atom. The fraction of sp³-hybridized carbons (Fsp3) is 0.600. The molecular weight excluding hydrogens is 208 g/mol. The molecule has 0 saturated carbocycles. The van der Waals surface area contributed by atoms with Gasteiger partial charge in [0.1, 0.15) is 0 Å². The van der Waals surface area contributed by atoms with Gasteiger partial charge in [-0.2, -0.15) is 0 Å². The Bertz CT molecular complexity index is 326. The number of nitrogen functional groups attached to an aromatic ring is 1. The van der Waals surface area contributed by atoms with Crippen molar-refractivity contribution in [1.82, 2.24) is 0 Å². The van der Waals surface area contributed by atoms with E-state index in [0.29, 0.717) is 0 Å². The van der Waals surface area contributed by atoms with Crippen LogP contribution in [0.15, 0.2) is 18.2 Å². The van der Waals surface area contributed by atoms with E-state index in [1.165, 1.54) is 36.9 Å². The molecule has 0 amide bonds. The molecule has 0 fully saturated rings. The molecule has 17 heavy (non-hydrogen) atoms. The summed E-state index contributed by atoms with van der Waals surface area (Å²) in [6.45, 7) is 8.81. The highest BCUT2D eigenvalue weighted by Gasteiger charge is 2.06. The second-order valence-corrected chi connectivity index (χ2v) is 4.74. The Morgan fingerprint density at radius 2 is 1.65 bits per heavy atom. The summed E-state index contributed by atoms with van der Waals surface area (Å²) in [7, 11) is 0. The first kappa shape index (κ1) is 13.9. The molecule has 0 aliphatic rings. The van der Waals surface area contributed by atoms with E-state index in [1.54, 1.807) is 0 Å². The molecule has 1 rings (SSSR count). The van der Waals surface area contributed by atoms with Crippen LogP contribution in [-0.2, 0) is 0 Å². The summed E-state index contributed by atoms with van der Waals surface area (Å²) in [5, 5.41) is 0. The van der Waals surface area contributed by atoms with Gasteiger partial charge in [0.05, 0.1) is 0 Å². The molecule has 0 radical (unpaired) electrons. The quantitative estimate of drug-likeness (QED) is 0.723. The lowest BCUT2D eigenvalue weighted by atomic mass is 10.1. The molecule has 2 heteroatoms. The molecule has 96 valence electrons. The van der Waals surface area contributed by atoms with Crippen molar-refractivity contribution in [3.05, 3.63) is 23.8 Å². The Hall–Kier alpha value is -1.18. The molecule has 2 nitrogen and oxygen atoms in total. The number of rotatable bonds is 7. The van der Waals surface area contributed by atoms with Crippen LogP contribution in [0.4, 0.5) is 11.4 Å². The number of hydrogen-bond acceptors (Lipinski definition) is 2. The van der Waals surface area contributed by atoms with Gasteiger partial charge < -0.3 is 10.6 Å². The van der Waals surface area contributed by atoms with Gasteiger partial charge in [0.25, 0.3) is 0 Å². The first-order valence-corrected chi connectivity index (χ1v) is 6.80. The van der Waals surface area contributed by atoms with E-state index >= 15 is 0 Å². The number of nitrogens with zero attached hydrogens (tertiary/aromatic N) is 1. The van der Waals surface area contributed by atoms with Gasteiger partial charge in [-0.3, -0.25) is 0 Å². The van der Waals surface area contributed by atoms with Crippen molar-refractivity contribution in [2.45, 2.75) is 46.5 Å². The largest absolute Gasteiger partial charge is 0.398 e. The van der Waals surface area contributed by atoms with E-state index in [9.17, 15) is 0 Å². The minimum absolute atomic E-state index is 0.903. The Morgan fingerprint density at radius 1 is 1.06 bits per heavy atom. The molecule has 1 aromatic carbocycles. The third-order valence-corrected chi connectivity index (χ3v) is 3.19. The lowest BCUT2D eigenvalue weighted by molar-refractivity contribution is 0.678. The lowest BCUT2D eigenvalue weighted by Gasteiger charge is -2.25. The molecule has 0 bridgehead atoms. The Balaban J connectivity index is 2.75. The summed E-state index contributed by atoms with van der Waals surface area (Å²) in [5.41, 5.74) is 9.33. The van der Waals surface area contributed by atoms with Gasteiger partial charge in [-0.05, 0) is 37.5 Å². The summed E-state index contributed by atoms with van der Waals surface area (Å²) in [6, 6.07) is 6.42. The van der Waals surface area contributed by atoms with Crippen molar-refractivity contribution < 1.29 is 0 Å². The topological polar surface area (TPSA) is 29.3 Å². The normalized spacial score (nSPS) is 10.5. The Kier molecular flexibility index (Phi) is 5.88. The van der Waals surface area contributed by atoms with E-state index in [0.717, 1.165) is 18.8 Å². The van der Waals surface area contributed by atoms with Gasteiger partial charge in [0, 0.05) is 24.5 Å². The maximum Gasteiger partial charge on any atom is 0.0387 e. The molecule has 0 aromatic heterocycles. The summed E-state index contributed by atoms with van der Waals surface area (Å²) in [6.07, 6.45) is 4.98. The highest BCUT2D eigenvalue weighted by molar-refractivity contribution is 5.59. The van der Waals surface area contributed by atoms with Crippen LogP contribution in [0.25, 0.3) is 0 Å². The second kappa shape index (κ2) is 7.21. The number of hydrogen-bond donors (Lipinski definition) is 1. The maximum atomic E-state index is 5.99. The lowest BCUT2D eigenvalue weighted by Crippen LogP contribution is -2.25. The average molecular weight is 234 g/mol. The van der Waals surface area contributed by atoms with Gasteiger partial charge in [0.15, 0.2) is 0 Å². The molecule has 0 spiro atoms. The van der Waals surface area contributed by atoms with Crippen molar-refractivity contribution >= 4 is 11.4 Å². The molecule has 0 heterocycles. The summed E-state index contributed by atoms with van der Waals surface area (Å²) in [5.74, 6) is 0. The van der Waals surface area contributed by atoms with Gasteiger partial charge in [-0.1, -0.05) is 32.8 Å². The van der Waals surface area contributed by atoms with Crippen LogP contribution in [0.2, 0.25) is 0 Å². The van der Waals surface area contributed by atoms with Gasteiger partial charge in [-0.15, -0.1) is 0 Å². The minimum Gasteiger partial charge on any atom is -0.398 e. The number of aryl methyl sites for hydroxylation is 1. The van der Waals surface area contributed by atoms with Crippen molar-refractivity contribution in [3.63, 3.8) is 0 Å².